The molecule has 0 fully saturated rings. The summed E-state index contributed by atoms with van der Waals surface area (Å²) in [6.07, 6.45) is 0. The average Bonchev–Trinajstić information content (AvgIpc) is 2.70. The van der Waals surface area contributed by atoms with Gasteiger partial charge in [0.05, 0.1) is 26.9 Å². The van der Waals surface area contributed by atoms with Gasteiger partial charge in [0, 0.05) is 12.6 Å². The number of hydrogen-bond acceptors (Lipinski definition) is 7. The van der Waals surface area contributed by atoms with E-state index < -0.39 is 16.0 Å². The van der Waals surface area contributed by atoms with Crippen molar-refractivity contribution in [2.45, 2.75) is 11.5 Å². The van der Waals surface area contributed by atoms with Crippen molar-refractivity contribution in [2.24, 2.45) is 0 Å². The summed E-state index contributed by atoms with van der Waals surface area (Å²) in [6, 6.07) is 11.1. The average molecular weight is 395 g/mol. The maximum atomic E-state index is 12.5. The highest BCUT2D eigenvalue weighted by Crippen LogP contribution is 2.28. The van der Waals surface area contributed by atoms with Crippen LogP contribution in [0.25, 0.3) is 0 Å². The van der Waals surface area contributed by atoms with Crippen molar-refractivity contribution < 1.29 is 32.3 Å². The van der Waals surface area contributed by atoms with Crippen LogP contribution in [0.4, 0.5) is 0 Å². The van der Waals surface area contributed by atoms with E-state index in [2.05, 4.69) is 0 Å². The molecule has 27 heavy (non-hydrogen) atoms. The van der Waals surface area contributed by atoms with E-state index in [4.69, 9.17) is 19.0 Å². The van der Waals surface area contributed by atoms with Crippen molar-refractivity contribution in [1.82, 2.24) is 4.47 Å². The molecule has 0 aromatic heterocycles. The van der Waals surface area contributed by atoms with Crippen molar-refractivity contribution in [3.8, 4) is 11.5 Å². The van der Waals surface area contributed by atoms with E-state index in [1.165, 1.54) is 46.6 Å². The topological polar surface area (TPSA) is 91.4 Å². The van der Waals surface area contributed by atoms with Gasteiger partial charge in [-0.25, -0.2) is 13.2 Å². The summed E-state index contributed by atoms with van der Waals surface area (Å²) in [6.45, 7) is -0.0189. The maximum Gasteiger partial charge on any atom is 0.338 e. The Balaban J connectivity index is 2.28. The second-order valence-corrected chi connectivity index (χ2v) is 7.26. The monoisotopic (exact) mass is 395 g/mol. The molecule has 146 valence electrons. The lowest BCUT2D eigenvalue weighted by molar-refractivity contribution is -0.0259. The normalized spacial score (nSPS) is 11.3. The molecule has 0 N–H and O–H groups in total. The SMILES string of the molecule is COc1ccccc1COC(=O)c1ccc(OC)c(S(=O)(=O)N(C)OC)c1. The predicted octanol–water partition coefficient (Wildman–Crippen LogP) is 2.24. The third-order valence-corrected chi connectivity index (χ3v) is 5.53. The van der Waals surface area contributed by atoms with Gasteiger partial charge in [-0.05, 0) is 24.3 Å². The van der Waals surface area contributed by atoms with Crippen LogP contribution < -0.4 is 9.47 Å². The first-order valence-electron chi connectivity index (χ1n) is 7.85. The molecule has 0 radical (unpaired) electrons. The lowest BCUT2D eigenvalue weighted by Crippen LogP contribution is -2.26. The molecule has 0 aliphatic rings. The minimum Gasteiger partial charge on any atom is -0.496 e. The Labute approximate surface area is 158 Å². The van der Waals surface area contributed by atoms with Crippen LogP contribution in [-0.4, -0.2) is 47.2 Å². The molecule has 0 bridgehead atoms. The largest absolute Gasteiger partial charge is 0.496 e. The fourth-order valence-corrected chi connectivity index (χ4v) is 3.45. The van der Waals surface area contributed by atoms with E-state index in [1.807, 2.05) is 0 Å². The molecule has 0 aliphatic heterocycles. The van der Waals surface area contributed by atoms with Gasteiger partial charge in [0.1, 0.15) is 23.0 Å². The van der Waals surface area contributed by atoms with Crippen LogP contribution in [0.15, 0.2) is 47.4 Å². The Bertz CT molecular complexity index is 912. The first-order valence-corrected chi connectivity index (χ1v) is 9.29. The highest BCUT2D eigenvalue weighted by molar-refractivity contribution is 7.89. The number of carbonyl (C=O) groups is 1. The molecular weight excluding hydrogens is 374 g/mol. The first kappa shape index (κ1) is 20.7. The lowest BCUT2D eigenvalue weighted by atomic mass is 10.2. The number of hydrogen-bond donors (Lipinski definition) is 0. The van der Waals surface area contributed by atoms with E-state index >= 15 is 0 Å². The molecule has 0 aliphatic carbocycles. The third-order valence-electron chi connectivity index (χ3n) is 3.82. The van der Waals surface area contributed by atoms with Gasteiger partial charge >= 0.3 is 5.97 Å². The van der Waals surface area contributed by atoms with E-state index in [9.17, 15) is 13.2 Å². The number of benzene rings is 2. The molecular formula is C18H21NO7S. The van der Waals surface area contributed by atoms with E-state index in [0.717, 1.165) is 0 Å². The first-order chi connectivity index (χ1) is 12.8. The van der Waals surface area contributed by atoms with Crippen molar-refractivity contribution in [3.05, 3.63) is 53.6 Å². The van der Waals surface area contributed by atoms with Gasteiger partial charge < -0.3 is 14.2 Å². The summed E-state index contributed by atoms with van der Waals surface area (Å²) in [5.74, 6) is -0.00900. The van der Waals surface area contributed by atoms with Crippen molar-refractivity contribution in [1.29, 1.82) is 0 Å². The summed E-state index contributed by atoms with van der Waals surface area (Å²) in [5.41, 5.74) is 0.752. The summed E-state index contributed by atoms with van der Waals surface area (Å²) < 4.78 is 41.3. The minimum absolute atomic E-state index is 0.0189. The molecule has 9 heteroatoms. The Morgan fingerprint density at radius 1 is 1.00 bits per heavy atom. The number of methoxy groups -OCH3 is 2. The number of rotatable bonds is 8. The minimum atomic E-state index is -4.01. The number of nitrogens with zero attached hydrogens (tertiary/aromatic N) is 1. The highest BCUT2D eigenvalue weighted by Gasteiger charge is 2.26. The molecule has 2 aromatic rings. The van der Waals surface area contributed by atoms with Gasteiger partial charge in [-0.1, -0.05) is 22.7 Å². The van der Waals surface area contributed by atoms with E-state index in [0.29, 0.717) is 15.8 Å². The van der Waals surface area contributed by atoms with E-state index in [1.54, 1.807) is 24.3 Å². The van der Waals surface area contributed by atoms with Gasteiger partial charge in [0.25, 0.3) is 10.0 Å². The van der Waals surface area contributed by atoms with Gasteiger partial charge in [-0.15, -0.1) is 0 Å². The fraction of sp³-hybridized carbons (Fsp3) is 0.278. The second-order valence-electron chi connectivity index (χ2n) is 5.35. The Kier molecular flexibility index (Phi) is 6.78. The van der Waals surface area contributed by atoms with Crippen LogP contribution in [-0.2, 0) is 26.2 Å². The number of ether oxygens (including phenoxy) is 3. The third kappa shape index (κ3) is 4.57. The number of esters is 1. The number of carbonyl (C=O) groups excluding carboxylic acids is 1. The smallest absolute Gasteiger partial charge is 0.338 e. The highest BCUT2D eigenvalue weighted by atomic mass is 32.2. The van der Waals surface area contributed by atoms with Crippen LogP contribution in [0.1, 0.15) is 15.9 Å². The van der Waals surface area contributed by atoms with Gasteiger partial charge in [-0.3, -0.25) is 4.84 Å². The number of hydroxylamine groups is 1. The molecule has 0 heterocycles. The number of sulfonamides is 1. The maximum absolute atomic E-state index is 12.5. The quantitative estimate of drug-likeness (QED) is 0.500. The Hall–Kier alpha value is -2.62. The van der Waals surface area contributed by atoms with Crippen LogP contribution in [0.5, 0.6) is 11.5 Å². The van der Waals surface area contributed by atoms with Crippen LogP contribution >= 0.6 is 0 Å². The zero-order chi connectivity index (χ0) is 20.0. The van der Waals surface area contributed by atoms with Crippen LogP contribution in [0.3, 0.4) is 0 Å². The van der Waals surface area contributed by atoms with Gasteiger partial charge in [0.2, 0.25) is 0 Å². The summed E-state index contributed by atoms with van der Waals surface area (Å²) in [7, 11) is 1.30. The Morgan fingerprint density at radius 2 is 1.67 bits per heavy atom. The van der Waals surface area contributed by atoms with Crippen molar-refractivity contribution in [3.63, 3.8) is 0 Å². The van der Waals surface area contributed by atoms with Gasteiger partial charge in [-0.2, -0.15) is 0 Å². The standard InChI is InChI=1S/C18H21NO7S/c1-19(25-4)27(21,22)17-11-13(9-10-16(17)24-3)18(20)26-12-14-7-5-6-8-15(14)23-2/h5-11H,12H2,1-4H3. The van der Waals surface area contributed by atoms with Crippen molar-refractivity contribution >= 4 is 16.0 Å². The predicted molar refractivity (Wildman–Crippen MR) is 97.1 cm³/mol. The molecule has 0 amide bonds. The summed E-state index contributed by atoms with van der Waals surface area (Å²) >= 11 is 0. The molecule has 0 saturated heterocycles. The molecule has 8 nitrogen and oxygen atoms in total. The molecule has 0 unspecified atom stereocenters. The molecule has 0 saturated carbocycles. The zero-order valence-electron chi connectivity index (χ0n) is 15.5. The molecule has 2 aromatic carbocycles. The lowest BCUT2D eigenvalue weighted by Gasteiger charge is -2.17. The zero-order valence-corrected chi connectivity index (χ0v) is 16.3. The Morgan fingerprint density at radius 3 is 2.30 bits per heavy atom. The van der Waals surface area contributed by atoms with Crippen molar-refractivity contribution in [2.75, 3.05) is 28.4 Å². The summed E-state index contributed by atoms with van der Waals surface area (Å²) in [5, 5.41) is 0. The number of para-hydroxylation sites is 1. The van der Waals surface area contributed by atoms with E-state index in [-0.39, 0.29) is 22.8 Å². The second kappa shape index (κ2) is 8.85. The molecule has 0 spiro atoms. The van der Waals surface area contributed by atoms with Crippen LogP contribution in [0, 0.1) is 0 Å². The molecule has 2 rings (SSSR count). The molecule has 0 atom stereocenters. The summed E-state index contributed by atoms with van der Waals surface area (Å²) in [4.78, 5) is 16.9. The fourth-order valence-electron chi connectivity index (χ4n) is 2.29. The van der Waals surface area contributed by atoms with Gasteiger partial charge in [0.15, 0.2) is 0 Å². The van der Waals surface area contributed by atoms with Crippen LogP contribution in [0.2, 0.25) is 0 Å².